The monoisotopic (exact) mass is 265 g/mol. The van der Waals surface area contributed by atoms with E-state index in [1.165, 1.54) is 5.56 Å². The second-order valence-corrected chi connectivity index (χ2v) is 5.55. The summed E-state index contributed by atoms with van der Waals surface area (Å²) < 4.78 is 16.2. The molecule has 1 N–H and O–H groups in total. The first-order valence-electron chi connectivity index (χ1n) is 6.49. The van der Waals surface area contributed by atoms with Gasteiger partial charge < -0.3 is 19.5 Å². The summed E-state index contributed by atoms with van der Waals surface area (Å²) in [7, 11) is 5.33. The van der Waals surface area contributed by atoms with Gasteiger partial charge in [-0.1, -0.05) is 0 Å². The Labute approximate surface area is 115 Å². The number of likely N-dealkylation sites (N-methyl/N-ethyl adjacent to an activating group) is 1. The van der Waals surface area contributed by atoms with Crippen molar-refractivity contribution < 1.29 is 14.2 Å². The van der Waals surface area contributed by atoms with Crippen LogP contribution in [0.25, 0.3) is 0 Å². The largest absolute Gasteiger partial charge is 0.497 e. The second kappa shape index (κ2) is 5.02. The highest BCUT2D eigenvalue weighted by Gasteiger charge is 2.51. The van der Waals surface area contributed by atoms with Crippen molar-refractivity contribution in [2.45, 2.75) is 24.8 Å². The molecule has 0 atom stereocenters. The Bertz CT molecular complexity index is 430. The molecule has 0 bridgehead atoms. The van der Waals surface area contributed by atoms with E-state index in [0.29, 0.717) is 13.2 Å². The quantitative estimate of drug-likeness (QED) is 0.883. The number of benzene rings is 1. The molecule has 1 aromatic carbocycles. The topological polar surface area (TPSA) is 39.7 Å². The Kier molecular flexibility index (Phi) is 3.74. The summed E-state index contributed by atoms with van der Waals surface area (Å²) in [4.78, 5) is 0. The van der Waals surface area contributed by atoms with E-state index in [2.05, 4.69) is 31.3 Å². The molecule has 4 nitrogen and oxygen atoms in total. The van der Waals surface area contributed by atoms with Crippen LogP contribution in [0.4, 0.5) is 0 Å². The zero-order valence-corrected chi connectivity index (χ0v) is 12.4. The van der Waals surface area contributed by atoms with Gasteiger partial charge in [-0.15, -0.1) is 0 Å². The SMILES string of the molecule is CNC(C)(C)C1(c2cc(OC)cc(OC)c2)COC1. The van der Waals surface area contributed by atoms with Gasteiger partial charge in [0.15, 0.2) is 0 Å². The minimum Gasteiger partial charge on any atom is -0.497 e. The minimum atomic E-state index is -0.0668. The van der Waals surface area contributed by atoms with Gasteiger partial charge in [-0.2, -0.15) is 0 Å². The van der Waals surface area contributed by atoms with Crippen molar-refractivity contribution in [2.75, 3.05) is 34.5 Å². The van der Waals surface area contributed by atoms with Gasteiger partial charge >= 0.3 is 0 Å². The lowest BCUT2D eigenvalue weighted by atomic mass is 9.65. The summed E-state index contributed by atoms with van der Waals surface area (Å²) in [5.74, 6) is 1.63. The zero-order valence-electron chi connectivity index (χ0n) is 12.4. The second-order valence-electron chi connectivity index (χ2n) is 5.55. The molecular weight excluding hydrogens is 242 g/mol. The van der Waals surface area contributed by atoms with Gasteiger partial charge in [0.25, 0.3) is 0 Å². The van der Waals surface area contributed by atoms with Crippen molar-refractivity contribution in [2.24, 2.45) is 0 Å². The van der Waals surface area contributed by atoms with Crippen LogP contribution < -0.4 is 14.8 Å². The normalized spacial score (nSPS) is 17.7. The number of hydrogen-bond acceptors (Lipinski definition) is 4. The highest BCUT2D eigenvalue weighted by atomic mass is 16.5. The van der Waals surface area contributed by atoms with E-state index in [4.69, 9.17) is 14.2 Å². The van der Waals surface area contributed by atoms with Gasteiger partial charge in [0.05, 0.1) is 32.8 Å². The molecule has 1 fully saturated rings. The smallest absolute Gasteiger partial charge is 0.122 e. The molecule has 106 valence electrons. The van der Waals surface area contributed by atoms with Gasteiger partial charge in [-0.05, 0) is 38.6 Å². The van der Waals surface area contributed by atoms with Gasteiger partial charge in [0.1, 0.15) is 11.5 Å². The van der Waals surface area contributed by atoms with Crippen LogP contribution in [0.2, 0.25) is 0 Å². The molecule has 1 saturated heterocycles. The molecule has 4 heteroatoms. The van der Waals surface area contributed by atoms with Gasteiger partial charge in [-0.3, -0.25) is 0 Å². The fraction of sp³-hybridized carbons (Fsp3) is 0.600. The molecule has 0 radical (unpaired) electrons. The van der Waals surface area contributed by atoms with Crippen molar-refractivity contribution in [1.82, 2.24) is 5.32 Å². The average molecular weight is 265 g/mol. The van der Waals surface area contributed by atoms with Crippen molar-refractivity contribution >= 4 is 0 Å². The maximum atomic E-state index is 5.51. The molecule has 1 aliphatic heterocycles. The number of ether oxygens (including phenoxy) is 3. The maximum Gasteiger partial charge on any atom is 0.122 e. The van der Waals surface area contributed by atoms with Crippen LogP contribution in [0.15, 0.2) is 18.2 Å². The average Bonchev–Trinajstić information content (AvgIpc) is 2.36. The van der Waals surface area contributed by atoms with E-state index in [9.17, 15) is 0 Å². The molecule has 2 rings (SSSR count). The molecule has 1 aromatic rings. The predicted molar refractivity (Wildman–Crippen MR) is 75.2 cm³/mol. The molecule has 1 aliphatic rings. The Balaban J connectivity index is 2.49. The highest BCUT2D eigenvalue weighted by Crippen LogP contribution is 2.44. The summed E-state index contributed by atoms with van der Waals surface area (Å²) in [5, 5.41) is 3.40. The Morgan fingerprint density at radius 3 is 1.95 bits per heavy atom. The van der Waals surface area contributed by atoms with Crippen LogP contribution in [0, 0.1) is 0 Å². The van der Waals surface area contributed by atoms with Gasteiger partial charge in [0.2, 0.25) is 0 Å². The maximum absolute atomic E-state index is 5.51. The number of hydrogen-bond donors (Lipinski definition) is 1. The van der Waals surface area contributed by atoms with Crippen LogP contribution >= 0.6 is 0 Å². The van der Waals surface area contributed by atoms with Crippen LogP contribution in [0.3, 0.4) is 0 Å². The number of methoxy groups -OCH3 is 2. The summed E-state index contributed by atoms with van der Waals surface area (Å²) >= 11 is 0. The van der Waals surface area contributed by atoms with Gasteiger partial charge in [0, 0.05) is 11.6 Å². The van der Waals surface area contributed by atoms with E-state index in [1.54, 1.807) is 14.2 Å². The van der Waals surface area contributed by atoms with Gasteiger partial charge in [-0.25, -0.2) is 0 Å². The molecule has 0 aromatic heterocycles. The first-order chi connectivity index (χ1) is 8.99. The van der Waals surface area contributed by atoms with E-state index < -0.39 is 0 Å². The Hall–Kier alpha value is -1.26. The first-order valence-corrected chi connectivity index (χ1v) is 6.49. The van der Waals surface area contributed by atoms with E-state index >= 15 is 0 Å². The fourth-order valence-electron chi connectivity index (χ4n) is 2.52. The van der Waals surface area contributed by atoms with E-state index in [1.807, 2.05) is 13.1 Å². The van der Waals surface area contributed by atoms with Crippen LogP contribution in [0.1, 0.15) is 19.4 Å². The third kappa shape index (κ3) is 2.19. The number of nitrogens with one attached hydrogen (secondary N) is 1. The fourth-order valence-corrected chi connectivity index (χ4v) is 2.52. The minimum absolute atomic E-state index is 0.0520. The first kappa shape index (κ1) is 14.2. The standard InChI is InChI=1S/C15H23NO3/c1-14(2,16-3)15(9-19-10-15)11-6-12(17-4)8-13(7-11)18-5/h6-8,16H,9-10H2,1-5H3. The summed E-state index contributed by atoms with van der Waals surface area (Å²) in [6.45, 7) is 5.80. The molecule has 0 spiro atoms. The lowest BCUT2D eigenvalue weighted by Crippen LogP contribution is -2.65. The van der Waals surface area contributed by atoms with Crippen molar-refractivity contribution in [1.29, 1.82) is 0 Å². The van der Waals surface area contributed by atoms with E-state index in [-0.39, 0.29) is 11.0 Å². The lowest BCUT2D eigenvalue weighted by molar-refractivity contribution is -0.0992. The molecule has 0 amide bonds. The van der Waals surface area contributed by atoms with Crippen LogP contribution in [0.5, 0.6) is 11.5 Å². The Morgan fingerprint density at radius 2 is 1.63 bits per heavy atom. The molecule has 0 aliphatic carbocycles. The summed E-state index contributed by atoms with van der Waals surface area (Å²) in [6.07, 6.45) is 0. The third-order valence-corrected chi connectivity index (χ3v) is 4.42. The highest BCUT2D eigenvalue weighted by molar-refractivity contribution is 5.45. The third-order valence-electron chi connectivity index (χ3n) is 4.42. The zero-order chi connectivity index (χ0) is 14.1. The molecule has 19 heavy (non-hydrogen) atoms. The number of rotatable bonds is 5. The van der Waals surface area contributed by atoms with Crippen molar-refractivity contribution in [3.63, 3.8) is 0 Å². The summed E-state index contributed by atoms with van der Waals surface area (Å²) in [5.41, 5.74) is 1.07. The molecule has 1 heterocycles. The van der Waals surface area contributed by atoms with Crippen molar-refractivity contribution in [3.05, 3.63) is 23.8 Å². The van der Waals surface area contributed by atoms with E-state index in [0.717, 1.165) is 11.5 Å². The molecule has 0 saturated carbocycles. The molecular formula is C15H23NO3. The van der Waals surface area contributed by atoms with Crippen LogP contribution in [-0.4, -0.2) is 40.0 Å². The predicted octanol–water partition coefficient (Wildman–Crippen LogP) is 1.97. The molecule has 0 unspecified atom stereocenters. The summed E-state index contributed by atoms with van der Waals surface area (Å²) in [6, 6.07) is 6.04. The Morgan fingerprint density at radius 1 is 1.11 bits per heavy atom. The van der Waals surface area contributed by atoms with Crippen LogP contribution in [-0.2, 0) is 10.2 Å². The lowest BCUT2D eigenvalue weighted by Gasteiger charge is -2.52. The van der Waals surface area contributed by atoms with Crippen molar-refractivity contribution in [3.8, 4) is 11.5 Å².